The standard InChI is InChI=1S/C11H13F3O2/c1-7(8(2)15)9-3-5-10(6-4-9)16-11(12,13)14/h3-8,15H,1-2H3. The smallest absolute Gasteiger partial charge is 0.406 e. The Kier molecular flexibility index (Phi) is 3.80. The molecule has 1 rings (SSSR count). The van der Waals surface area contributed by atoms with Crippen LogP contribution in [0.4, 0.5) is 13.2 Å². The van der Waals surface area contributed by atoms with Gasteiger partial charge in [0.25, 0.3) is 0 Å². The van der Waals surface area contributed by atoms with Gasteiger partial charge >= 0.3 is 6.36 Å². The fourth-order valence-corrected chi connectivity index (χ4v) is 1.25. The van der Waals surface area contributed by atoms with Crippen LogP contribution in [0.2, 0.25) is 0 Å². The number of hydrogen-bond donors (Lipinski definition) is 1. The summed E-state index contributed by atoms with van der Waals surface area (Å²) in [7, 11) is 0. The van der Waals surface area contributed by atoms with E-state index in [1.165, 1.54) is 24.3 Å². The first-order valence-electron chi connectivity index (χ1n) is 4.83. The summed E-state index contributed by atoms with van der Waals surface area (Å²) in [5.41, 5.74) is 0.768. The SMILES string of the molecule is CC(O)C(C)c1ccc(OC(F)(F)F)cc1. The van der Waals surface area contributed by atoms with Crippen LogP contribution in [0.1, 0.15) is 25.3 Å². The van der Waals surface area contributed by atoms with Crippen LogP contribution in [-0.4, -0.2) is 17.6 Å². The third-order valence-electron chi connectivity index (χ3n) is 2.36. The Morgan fingerprint density at radius 2 is 1.62 bits per heavy atom. The Morgan fingerprint density at radius 1 is 1.12 bits per heavy atom. The second kappa shape index (κ2) is 4.74. The Balaban J connectivity index is 2.76. The molecule has 0 radical (unpaired) electrons. The number of alkyl halides is 3. The number of ether oxygens (including phenoxy) is 1. The molecule has 1 N–H and O–H groups in total. The van der Waals surface area contributed by atoms with Gasteiger partial charge in [-0.2, -0.15) is 0 Å². The van der Waals surface area contributed by atoms with E-state index in [2.05, 4.69) is 4.74 Å². The van der Waals surface area contributed by atoms with Crippen molar-refractivity contribution >= 4 is 0 Å². The van der Waals surface area contributed by atoms with E-state index < -0.39 is 12.5 Å². The van der Waals surface area contributed by atoms with Crippen LogP contribution in [0.3, 0.4) is 0 Å². The van der Waals surface area contributed by atoms with Gasteiger partial charge in [-0.3, -0.25) is 0 Å². The van der Waals surface area contributed by atoms with Crippen molar-refractivity contribution in [1.29, 1.82) is 0 Å². The Labute approximate surface area is 91.7 Å². The minimum Gasteiger partial charge on any atom is -0.406 e. The molecule has 0 saturated heterocycles. The summed E-state index contributed by atoms with van der Waals surface area (Å²) >= 11 is 0. The number of benzene rings is 1. The molecular formula is C11H13F3O2. The van der Waals surface area contributed by atoms with E-state index in [1.54, 1.807) is 13.8 Å². The summed E-state index contributed by atoms with van der Waals surface area (Å²) in [6.07, 6.45) is -5.22. The number of aliphatic hydroxyl groups excluding tert-OH is 1. The summed E-state index contributed by atoms with van der Waals surface area (Å²) < 4.78 is 39.3. The van der Waals surface area contributed by atoms with Crippen LogP contribution >= 0.6 is 0 Å². The van der Waals surface area contributed by atoms with Crippen LogP contribution in [0.15, 0.2) is 24.3 Å². The Morgan fingerprint density at radius 3 is 2.00 bits per heavy atom. The fourth-order valence-electron chi connectivity index (χ4n) is 1.25. The van der Waals surface area contributed by atoms with Gasteiger partial charge in [-0.15, -0.1) is 13.2 Å². The molecule has 5 heteroatoms. The van der Waals surface area contributed by atoms with Gasteiger partial charge in [-0.1, -0.05) is 19.1 Å². The van der Waals surface area contributed by atoms with Gasteiger partial charge in [0.05, 0.1) is 6.10 Å². The average molecular weight is 234 g/mol. The highest BCUT2D eigenvalue weighted by atomic mass is 19.4. The molecule has 0 saturated carbocycles. The lowest BCUT2D eigenvalue weighted by atomic mass is 9.96. The van der Waals surface area contributed by atoms with E-state index >= 15 is 0 Å². The maximum absolute atomic E-state index is 11.9. The molecule has 0 aliphatic carbocycles. The van der Waals surface area contributed by atoms with Crippen molar-refractivity contribution in [2.45, 2.75) is 32.2 Å². The molecule has 1 aromatic rings. The summed E-state index contributed by atoms with van der Waals surface area (Å²) in [6.45, 7) is 3.43. The molecule has 0 amide bonds. The summed E-state index contributed by atoms with van der Waals surface area (Å²) in [5, 5.41) is 9.32. The van der Waals surface area contributed by atoms with Crippen molar-refractivity contribution < 1.29 is 23.0 Å². The maximum atomic E-state index is 11.9. The average Bonchev–Trinajstić information content (AvgIpc) is 2.15. The third kappa shape index (κ3) is 3.73. The van der Waals surface area contributed by atoms with E-state index in [9.17, 15) is 18.3 Å². The van der Waals surface area contributed by atoms with Gasteiger partial charge in [-0.05, 0) is 24.6 Å². The summed E-state index contributed by atoms with van der Waals surface area (Å²) in [5.74, 6) is -0.381. The monoisotopic (exact) mass is 234 g/mol. The lowest BCUT2D eigenvalue weighted by Crippen LogP contribution is -2.17. The molecule has 1 aromatic carbocycles. The van der Waals surface area contributed by atoms with Crippen molar-refractivity contribution in [2.75, 3.05) is 0 Å². The first-order valence-corrected chi connectivity index (χ1v) is 4.83. The molecule has 90 valence electrons. The zero-order chi connectivity index (χ0) is 12.3. The lowest BCUT2D eigenvalue weighted by Gasteiger charge is -2.15. The highest BCUT2D eigenvalue weighted by Crippen LogP contribution is 2.25. The molecule has 0 aliphatic heterocycles. The van der Waals surface area contributed by atoms with E-state index in [4.69, 9.17) is 0 Å². The largest absolute Gasteiger partial charge is 0.573 e. The van der Waals surface area contributed by atoms with Gasteiger partial charge in [0.2, 0.25) is 0 Å². The van der Waals surface area contributed by atoms with Crippen molar-refractivity contribution in [1.82, 2.24) is 0 Å². The molecule has 0 spiro atoms. The molecule has 2 atom stereocenters. The molecule has 2 nitrogen and oxygen atoms in total. The Bertz CT molecular complexity index is 330. The molecular weight excluding hydrogens is 221 g/mol. The molecule has 0 heterocycles. The predicted octanol–water partition coefficient (Wildman–Crippen LogP) is 3.07. The second-order valence-corrected chi connectivity index (χ2v) is 3.65. The predicted molar refractivity (Wildman–Crippen MR) is 53.2 cm³/mol. The zero-order valence-electron chi connectivity index (χ0n) is 8.95. The van der Waals surface area contributed by atoms with Gasteiger partial charge < -0.3 is 9.84 Å². The minimum absolute atomic E-state index is 0.125. The van der Waals surface area contributed by atoms with Gasteiger partial charge in [0.1, 0.15) is 5.75 Å². The number of halogens is 3. The summed E-state index contributed by atoms with van der Waals surface area (Å²) in [4.78, 5) is 0. The van der Waals surface area contributed by atoms with Gasteiger partial charge in [0.15, 0.2) is 0 Å². The van der Waals surface area contributed by atoms with Crippen molar-refractivity contribution in [3.63, 3.8) is 0 Å². The maximum Gasteiger partial charge on any atom is 0.573 e. The van der Waals surface area contributed by atoms with Crippen LogP contribution in [0, 0.1) is 0 Å². The molecule has 0 fully saturated rings. The highest BCUT2D eigenvalue weighted by molar-refractivity contribution is 5.29. The molecule has 0 aliphatic rings. The molecule has 0 aromatic heterocycles. The second-order valence-electron chi connectivity index (χ2n) is 3.65. The number of aliphatic hydroxyl groups is 1. The van der Waals surface area contributed by atoms with Gasteiger partial charge in [-0.25, -0.2) is 0 Å². The lowest BCUT2D eigenvalue weighted by molar-refractivity contribution is -0.274. The van der Waals surface area contributed by atoms with Crippen molar-refractivity contribution in [3.05, 3.63) is 29.8 Å². The van der Waals surface area contributed by atoms with E-state index in [0.717, 1.165) is 5.56 Å². The van der Waals surface area contributed by atoms with Crippen LogP contribution < -0.4 is 4.74 Å². The van der Waals surface area contributed by atoms with Crippen molar-refractivity contribution in [2.24, 2.45) is 0 Å². The van der Waals surface area contributed by atoms with E-state index in [0.29, 0.717) is 0 Å². The molecule has 16 heavy (non-hydrogen) atoms. The first kappa shape index (κ1) is 12.8. The van der Waals surface area contributed by atoms with Crippen LogP contribution in [0.5, 0.6) is 5.75 Å². The van der Waals surface area contributed by atoms with E-state index in [-0.39, 0.29) is 11.7 Å². The highest BCUT2D eigenvalue weighted by Gasteiger charge is 2.31. The van der Waals surface area contributed by atoms with Crippen LogP contribution in [-0.2, 0) is 0 Å². The summed E-state index contributed by atoms with van der Waals surface area (Å²) in [6, 6.07) is 5.50. The van der Waals surface area contributed by atoms with Crippen LogP contribution in [0.25, 0.3) is 0 Å². The fraction of sp³-hybridized carbons (Fsp3) is 0.455. The number of hydrogen-bond acceptors (Lipinski definition) is 2. The minimum atomic E-state index is -4.67. The molecule has 2 unspecified atom stereocenters. The number of rotatable bonds is 3. The third-order valence-corrected chi connectivity index (χ3v) is 2.36. The van der Waals surface area contributed by atoms with E-state index in [1.807, 2.05) is 0 Å². The zero-order valence-corrected chi connectivity index (χ0v) is 8.95. The topological polar surface area (TPSA) is 29.5 Å². The normalized spacial score (nSPS) is 15.6. The first-order chi connectivity index (χ1) is 7.29. The Hall–Kier alpha value is -1.23. The van der Waals surface area contributed by atoms with Crippen molar-refractivity contribution in [3.8, 4) is 5.75 Å². The quantitative estimate of drug-likeness (QED) is 0.870. The molecule has 0 bridgehead atoms. The van der Waals surface area contributed by atoms with Gasteiger partial charge in [0, 0.05) is 5.92 Å².